The van der Waals surface area contributed by atoms with Crippen LogP contribution in [-0.4, -0.2) is 13.0 Å². The van der Waals surface area contributed by atoms with E-state index in [9.17, 15) is 4.79 Å². The Bertz CT molecular complexity index is 505. The molecule has 1 N–H and O–H groups in total. The topological polar surface area (TPSA) is 38.3 Å². The van der Waals surface area contributed by atoms with Gasteiger partial charge in [-0.1, -0.05) is 12.1 Å². The zero-order valence-corrected chi connectivity index (χ0v) is 11.7. The van der Waals surface area contributed by atoms with Crippen LogP contribution in [0.4, 0.5) is 0 Å². The van der Waals surface area contributed by atoms with E-state index in [1.165, 1.54) is 0 Å². The van der Waals surface area contributed by atoms with E-state index in [4.69, 9.17) is 4.74 Å². The van der Waals surface area contributed by atoms with Crippen molar-refractivity contribution >= 4 is 17.2 Å². The van der Waals surface area contributed by atoms with Crippen LogP contribution in [0.5, 0.6) is 5.75 Å². The summed E-state index contributed by atoms with van der Waals surface area (Å²) in [5, 5.41) is 6.98. The predicted molar refractivity (Wildman–Crippen MR) is 77.5 cm³/mol. The number of nitrogens with one attached hydrogen (secondary N) is 1. The minimum atomic E-state index is 0.0852. The quantitative estimate of drug-likeness (QED) is 0.880. The molecule has 0 saturated carbocycles. The van der Waals surface area contributed by atoms with Crippen molar-refractivity contribution < 1.29 is 9.53 Å². The molecular formula is C15H17NO2S. The third kappa shape index (κ3) is 4.41. The van der Waals surface area contributed by atoms with Crippen LogP contribution >= 0.6 is 11.3 Å². The molecule has 19 heavy (non-hydrogen) atoms. The lowest BCUT2D eigenvalue weighted by atomic mass is 10.1. The third-order valence-corrected chi connectivity index (χ3v) is 3.60. The molecule has 1 aromatic heterocycles. The zero-order valence-electron chi connectivity index (χ0n) is 10.9. The molecule has 0 aliphatic rings. The van der Waals surface area contributed by atoms with E-state index in [2.05, 4.69) is 5.32 Å². The van der Waals surface area contributed by atoms with Crippen LogP contribution in [0.1, 0.15) is 17.5 Å². The number of hydrogen-bond acceptors (Lipinski definition) is 3. The fourth-order valence-electron chi connectivity index (χ4n) is 1.73. The van der Waals surface area contributed by atoms with Crippen LogP contribution in [0.2, 0.25) is 0 Å². The Balaban J connectivity index is 1.73. The van der Waals surface area contributed by atoms with Gasteiger partial charge in [-0.25, -0.2) is 0 Å². The van der Waals surface area contributed by atoms with Crippen molar-refractivity contribution in [1.29, 1.82) is 0 Å². The Morgan fingerprint density at radius 2 is 2.00 bits per heavy atom. The second kappa shape index (κ2) is 6.95. The molecule has 0 atom stereocenters. The number of thiophene rings is 1. The lowest BCUT2D eigenvalue weighted by molar-refractivity contribution is -0.121. The molecule has 3 nitrogen and oxygen atoms in total. The summed E-state index contributed by atoms with van der Waals surface area (Å²) in [4.78, 5) is 11.7. The van der Waals surface area contributed by atoms with E-state index >= 15 is 0 Å². The molecule has 0 spiro atoms. The first-order chi connectivity index (χ1) is 9.28. The number of benzene rings is 1. The molecule has 4 heteroatoms. The van der Waals surface area contributed by atoms with Crippen molar-refractivity contribution in [2.75, 3.05) is 7.11 Å². The van der Waals surface area contributed by atoms with E-state index in [-0.39, 0.29) is 5.91 Å². The molecule has 0 bridgehead atoms. The largest absolute Gasteiger partial charge is 0.497 e. The highest BCUT2D eigenvalue weighted by molar-refractivity contribution is 7.07. The molecule has 100 valence electrons. The molecule has 0 aliphatic carbocycles. The summed E-state index contributed by atoms with van der Waals surface area (Å²) in [6.07, 6.45) is 1.26. The number of amides is 1. The van der Waals surface area contributed by atoms with Crippen LogP contribution in [-0.2, 0) is 17.8 Å². The van der Waals surface area contributed by atoms with E-state index in [1.54, 1.807) is 18.4 Å². The zero-order chi connectivity index (χ0) is 13.5. The highest BCUT2D eigenvalue weighted by atomic mass is 32.1. The van der Waals surface area contributed by atoms with E-state index < -0.39 is 0 Å². The molecule has 1 aromatic carbocycles. The molecular weight excluding hydrogens is 258 g/mol. The van der Waals surface area contributed by atoms with Gasteiger partial charge in [-0.3, -0.25) is 4.79 Å². The average Bonchev–Trinajstić information content (AvgIpc) is 2.96. The molecule has 0 saturated heterocycles. The van der Waals surface area contributed by atoms with Crippen LogP contribution in [0, 0.1) is 0 Å². The fourth-order valence-corrected chi connectivity index (χ4v) is 2.40. The van der Waals surface area contributed by atoms with Gasteiger partial charge in [-0.15, -0.1) is 0 Å². The van der Waals surface area contributed by atoms with Crippen molar-refractivity contribution in [2.45, 2.75) is 19.4 Å². The summed E-state index contributed by atoms with van der Waals surface area (Å²) in [5.74, 6) is 0.924. The van der Waals surface area contributed by atoms with Gasteiger partial charge in [-0.2, -0.15) is 11.3 Å². The summed E-state index contributed by atoms with van der Waals surface area (Å²) in [5.41, 5.74) is 2.30. The normalized spacial score (nSPS) is 10.2. The number of ether oxygens (including phenoxy) is 1. The van der Waals surface area contributed by atoms with Crippen molar-refractivity contribution in [3.05, 3.63) is 52.2 Å². The first-order valence-corrected chi connectivity index (χ1v) is 7.13. The van der Waals surface area contributed by atoms with Gasteiger partial charge in [0.2, 0.25) is 5.91 Å². The molecule has 2 rings (SSSR count). The first kappa shape index (κ1) is 13.6. The number of carbonyl (C=O) groups excluding carboxylic acids is 1. The summed E-state index contributed by atoms with van der Waals surface area (Å²) in [6, 6.07) is 9.83. The minimum Gasteiger partial charge on any atom is -0.497 e. The molecule has 2 aromatic rings. The highest BCUT2D eigenvalue weighted by Crippen LogP contribution is 2.12. The van der Waals surface area contributed by atoms with Crippen LogP contribution in [0.25, 0.3) is 0 Å². The smallest absolute Gasteiger partial charge is 0.220 e. The van der Waals surface area contributed by atoms with Crippen molar-refractivity contribution in [1.82, 2.24) is 5.32 Å². The average molecular weight is 275 g/mol. The molecule has 0 aliphatic heterocycles. The number of carbonyl (C=O) groups is 1. The summed E-state index contributed by atoms with van der Waals surface area (Å²) >= 11 is 1.64. The van der Waals surface area contributed by atoms with Gasteiger partial charge in [0.05, 0.1) is 7.11 Å². The monoisotopic (exact) mass is 275 g/mol. The molecule has 0 fully saturated rings. The van der Waals surface area contributed by atoms with Crippen LogP contribution in [0.15, 0.2) is 41.1 Å². The third-order valence-electron chi connectivity index (χ3n) is 2.87. The fraction of sp³-hybridized carbons (Fsp3) is 0.267. The van der Waals surface area contributed by atoms with Gasteiger partial charge in [0.1, 0.15) is 5.75 Å². The van der Waals surface area contributed by atoms with Crippen molar-refractivity contribution in [3.8, 4) is 5.75 Å². The summed E-state index contributed by atoms with van der Waals surface area (Å²) in [7, 11) is 1.65. The van der Waals surface area contributed by atoms with Gasteiger partial charge >= 0.3 is 0 Å². The Kier molecular flexibility index (Phi) is 4.98. The lowest BCUT2D eigenvalue weighted by Crippen LogP contribution is -2.22. The van der Waals surface area contributed by atoms with E-state index in [0.717, 1.165) is 23.3 Å². The van der Waals surface area contributed by atoms with Crippen molar-refractivity contribution in [2.24, 2.45) is 0 Å². The second-order valence-corrected chi connectivity index (χ2v) is 5.04. The molecule has 1 amide bonds. The van der Waals surface area contributed by atoms with Gasteiger partial charge in [0, 0.05) is 13.0 Å². The lowest BCUT2D eigenvalue weighted by Gasteiger charge is -2.05. The molecule has 0 unspecified atom stereocenters. The summed E-state index contributed by atoms with van der Waals surface area (Å²) < 4.78 is 5.10. The SMILES string of the molecule is COc1ccc(CCC(=O)NCc2ccsc2)cc1. The predicted octanol–water partition coefficient (Wildman–Crippen LogP) is 3.01. The molecule has 0 radical (unpaired) electrons. The summed E-state index contributed by atoms with van der Waals surface area (Å²) in [6.45, 7) is 0.616. The number of hydrogen-bond donors (Lipinski definition) is 1. The van der Waals surface area contributed by atoms with E-state index in [0.29, 0.717) is 13.0 Å². The van der Waals surface area contributed by atoms with Gasteiger partial charge < -0.3 is 10.1 Å². The Hall–Kier alpha value is -1.81. The van der Waals surface area contributed by atoms with Crippen LogP contribution in [0.3, 0.4) is 0 Å². The Morgan fingerprint density at radius 3 is 2.63 bits per heavy atom. The highest BCUT2D eigenvalue weighted by Gasteiger charge is 2.03. The number of aryl methyl sites for hydroxylation is 1. The maximum atomic E-state index is 11.7. The Labute approximate surface area is 117 Å². The second-order valence-electron chi connectivity index (χ2n) is 4.26. The molecule has 1 heterocycles. The van der Waals surface area contributed by atoms with Gasteiger partial charge in [0.25, 0.3) is 0 Å². The maximum absolute atomic E-state index is 11.7. The number of methoxy groups -OCH3 is 1. The Morgan fingerprint density at radius 1 is 1.21 bits per heavy atom. The van der Waals surface area contributed by atoms with Gasteiger partial charge in [-0.05, 0) is 46.5 Å². The van der Waals surface area contributed by atoms with E-state index in [1.807, 2.05) is 41.1 Å². The number of rotatable bonds is 6. The standard InChI is InChI=1S/C15H17NO2S/c1-18-14-5-2-12(3-6-14)4-7-15(17)16-10-13-8-9-19-11-13/h2-3,5-6,8-9,11H,4,7,10H2,1H3,(H,16,17). The van der Waals surface area contributed by atoms with Crippen molar-refractivity contribution in [3.63, 3.8) is 0 Å². The van der Waals surface area contributed by atoms with Crippen LogP contribution < -0.4 is 10.1 Å². The minimum absolute atomic E-state index is 0.0852. The first-order valence-electron chi connectivity index (χ1n) is 6.18. The van der Waals surface area contributed by atoms with Gasteiger partial charge in [0.15, 0.2) is 0 Å². The maximum Gasteiger partial charge on any atom is 0.220 e.